The van der Waals surface area contributed by atoms with E-state index in [0.29, 0.717) is 12.1 Å². The first-order valence-electron chi connectivity index (χ1n) is 5.43. The molecule has 0 aliphatic rings. The van der Waals surface area contributed by atoms with Crippen molar-refractivity contribution in [2.45, 2.75) is 31.8 Å². The second kappa shape index (κ2) is 5.61. The van der Waals surface area contributed by atoms with Gasteiger partial charge >= 0.3 is 12.4 Å². The van der Waals surface area contributed by atoms with Crippen LogP contribution < -0.4 is 4.74 Å². The number of benzene rings is 1. The molecule has 0 amide bonds. The zero-order valence-corrected chi connectivity index (χ0v) is 10.1. The minimum Gasteiger partial charge on any atom is -0.476 e. The first-order chi connectivity index (χ1) is 9.07. The topological polar surface area (TPSA) is 33.0 Å². The molecule has 0 saturated carbocycles. The van der Waals surface area contributed by atoms with E-state index < -0.39 is 35.3 Å². The summed E-state index contributed by atoms with van der Waals surface area (Å²) in [4.78, 5) is 0. The van der Waals surface area contributed by atoms with E-state index in [1.165, 1.54) is 6.92 Å². The van der Waals surface area contributed by atoms with Crippen molar-refractivity contribution in [3.8, 4) is 11.8 Å². The van der Waals surface area contributed by atoms with Gasteiger partial charge in [0.15, 0.2) is 6.10 Å². The quantitative estimate of drug-likeness (QED) is 0.774. The van der Waals surface area contributed by atoms with Gasteiger partial charge in [0.05, 0.1) is 11.1 Å². The summed E-state index contributed by atoms with van der Waals surface area (Å²) in [7, 11) is 0. The van der Waals surface area contributed by atoms with Crippen LogP contribution in [0.15, 0.2) is 18.2 Å². The van der Waals surface area contributed by atoms with Crippen molar-refractivity contribution in [3.05, 3.63) is 29.3 Å². The van der Waals surface area contributed by atoms with E-state index in [1.54, 1.807) is 6.07 Å². The fraction of sp³-hybridized carbons (Fsp3) is 0.417. The molecule has 8 heteroatoms. The molecule has 0 aliphatic heterocycles. The highest BCUT2D eigenvalue weighted by atomic mass is 19.4. The van der Waals surface area contributed by atoms with Gasteiger partial charge in [-0.15, -0.1) is 0 Å². The van der Waals surface area contributed by atoms with Gasteiger partial charge in [0.2, 0.25) is 0 Å². The number of ether oxygens (including phenoxy) is 1. The normalized spacial score (nSPS) is 13.7. The van der Waals surface area contributed by atoms with Gasteiger partial charge in [-0.05, 0) is 24.6 Å². The minimum absolute atomic E-state index is 0.000185. The summed E-state index contributed by atoms with van der Waals surface area (Å²) in [5, 5.41) is 8.63. The Morgan fingerprint density at radius 1 is 1.05 bits per heavy atom. The lowest BCUT2D eigenvalue weighted by Gasteiger charge is -2.16. The van der Waals surface area contributed by atoms with Gasteiger partial charge in [0, 0.05) is 0 Å². The van der Waals surface area contributed by atoms with Crippen molar-refractivity contribution >= 4 is 0 Å². The number of halogens is 6. The van der Waals surface area contributed by atoms with Crippen molar-refractivity contribution < 1.29 is 31.1 Å². The van der Waals surface area contributed by atoms with E-state index >= 15 is 0 Å². The van der Waals surface area contributed by atoms with E-state index in [4.69, 9.17) is 10.00 Å². The Morgan fingerprint density at radius 2 is 1.50 bits per heavy atom. The van der Waals surface area contributed by atoms with Gasteiger partial charge < -0.3 is 4.74 Å². The Labute approximate surface area is 110 Å². The van der Waals surface area contributed by atoms with E-state index in [1.807, 2.05) is 0 Å². The van der Waals surface area contributed by atoms with Gasteiger partial charge in [-0.2, -0.15) is 31.6 Å². The van der Waals surface area contributed by atoms with Crippen LogP contribution in [0.4, 0.5) is 26.3 Å². The van der Waals surface area contributed by atoms with Crippen LogP contribution in [-0.4, -0.2) is 6.10 Å². The summed E-state index contributed by atoms with van der Waals surface area (Å²) in [6.45, 7) is 1.52. The van der Waals surface area contributed by atoms with Gasteiger partial charge in [-0.1, -0.05) is 6.92 Å². The highest BCUT2D eigenvalue weighted by molar-refractivity contribution is 5.37. The molecule has 0 radical (unpaired) electrons. The third-order valence-corrected chi connectivity index (χ3v) is 2.35. The lowest BCUT2D eigenvalue weighted by atomic mass is 10.1. The average Bonchev–Trinajstić information content (AvgIpc) is 2.33. The summed E-state index contributed by atoms with van der Waals surface area (Å²) in [6.07, 6.45) is -10.9. The molecule has 1 unspecified atom stereocenters. The number of rotatable bonds is 3. The molecular weight excluding hydrogens is 288 g/mol. The highest BCUT2D eigenvalue weighted by Crippen LogP contribution is 2.38. The highest BCUT2D eigenvalue weighted by Gasteiger charge is 2.37. The Hall–Kier alpha value is -1.91. The Balaban J connectivity index is 3.28. The molecule has 110 valence electrons. The fourth-order valence-corrected chi connectivity index (χ4v) is 1.36. The van der Waals surface area contributed by atoms with Crippen LogP contribution in [0, 0.1) is 11.3 Å². The Morgan fingerprint density at radius 3 is 1.80 bits per heavy atom. The molecule has 1 aromatic carbocycles. The van der Waals surface area contributed by atoms with Crippen LogP contribution in [0.2, 0.25) is 0 Å². The summed E-state index contributed by atoms with van der Waals surface area (Å²) < 4.78 is 80.1. The van der Waals surface area contributed by atoms with Crippen LogP contribution >= 0.6 is 0 Å². The van der Waals surface area contributed by atoms with Crippen molar-refractivity contribution in [2.75, 3.05) is 0 Å². The monoisotopic (exact) mass is 297 g/mol. The first kappa shape index (κ1) is 16.1. The number of nitriles is 1. The van der Waals surface area contributed by atoms with Crippen LogP contribution in [0.25, 0.3) is 0 Å². The predicted molar refractivity (Wildman–Crippen MR) is 56.8 cm³/mol. The molecule has 2 nitrogen and oxygen atoms in total. The van der Waals surface area contributed by atoms with Crippen molar-refractivity contribution in [1.29, 1.82) is 5.26 Å². The zero-order chi connectivity index (χ0) is 15.6. The number of hydrogen-bond donors (Lipinski definition) is 0. The number of alkyl halides is 6. The summed E-state index contributed by atoms with van der Waals surface area (Å²) in [5.41, 5.74) is -2.95. The van der Waals surface area contributed by atoms with Crippen LogP contribution in [0.5, 0.6) is 5.75 Å². The molecule has 0 aromatic heterocycles. The molecular formula is C12H9F6NO. The third-order valence-electron chi connectivity index (χ3n) is 2.35. The van der Waals surface area contributed by atoms with Crippen molar-refractivity contribution in [1.82, 2.24) is 0 Å². The maximum absolute atomic E-state index is 12.5. The van der Waals surface area contributed by atoms with Crippen molar-refractivity contribution in [3.63, 3.8) is 0 Å². The molecule has 0 N–H and O–H groups in total. The van der Waals surface area contributed by atoms with Crippen LogP contribution in [0.1, 0.15) is 24.5 Å². The van der Waals surface area contributed by atoms with E-state index in [2.05, 4.69) is 0 Å². The van der Waals surface area contributed by atoms with Gasteiger partial charge in [0.1, 0.15) is 11.8 Å². The average molecular weight is 297 g/mol. The summed E-state index contributed by atoms with van der Waals surface area (Å²) in [6, 6.07) is 2.51. The Kier molecular flexibility index (Phi) is 4.53. The summed E-state index contributed by atoms with van der Waals surface area (Å²) >= 11 is 0. The molecule has 1 atom stereocenters. The van der Waals surface area contributed by atoms with E-state index in [0.717, 1.165) is 0 Å². The SMILES string of the molecule is CCC(C#N)Oc1cc(C(F)(F)F)cc(C(F)(F)F)c1. The third kappa shape index (κ3) is 4.05. The first-order valence-corrected chi connectivity index (χ1v) is 5.43. The van der Waals surface area contributed by atoms with Crippen LogP contribution in [-0.2, 0) is 12.4 Å². The number of nitrogens with zero attached hydrogens (tertiary/aromatic N) is 1. The smallest absolute Gasteiger partial charge is 0.416 e. The molecule has 0 bridgehead atoms. The Bertz CT molecular complexity index is 482. The lowest BCUT2D eigenvalue weighted by molar-refractivity contribution is -0.143. The molecule has 0 aliphatic carbocycles. The molecule has 1 rings (SSSR count). The predicted octanol–water partition coefficient (Wildman–Crippen LogP) is 4.41. The maximum atomic E-state index is 12.5. The van der Waals surface area contributed by atoms with E-state index in [-0.39, 0.29) is 12.5 Å². The maximum Gasteiger partial charge on any atom is 0.416 e. The van der Waals surface area contributed by atoms with Gasteiger partial charge in [0.25, 0.3) is 0 Å². The number of hydrogen-bond acceptors (Lipinski definition) is 2. The molecule has 20 heavy (non-hydrogen) atoms. The molecule has 0 heterocycles. The van der Waals surface area contributed by atoms with Crippen molar-refractivity contribution in [2.24, 2.45) is 0 Å². The standard InChI is InChI=1S/C12H9F6NO/c1-2-9(6-19)20-10-4-7(11(13,14)15)3-8(5-10)12(16,17)18/h3-5,9H,2H2,1H3. The molecule has 0 fully saturated rings. The lowest BCUT2D eigenvalue weighted by Crippen LogP contribution is -2.15. The second-order valence-electron chi connectivity index (χ2n) is 3.89. The van der Waals surface area contributed by atoms with Gasteiger partial charge in [-0.25, -0.2) is 0 Å². The second-order valence-corrected chi connectivity index (χ2v) is 3.89. The molecule has 0 spiro atoms. The van der Waals surface area contributed by atoms with E-state index in [9.17, 15) is 26.3 Å². The largest absolute Gasteiger partial charge is 0.476 e. The van der Waals surface area contributed by atoms with Gasteiger partial charge in [-0.3, -0.25) is 0 Å². The molecule has 1 aromatic rings. The van der Waals surface area contributed by atoms with Crippen LogP contribution in [0.3, 0.4) is 0 Å². The molecule has 0 saturated heterocycles. The minimum atomic E-state index is -4.94. The fourth-order valence-electron chi connectivity index (χ4n) is 1.36. The zero-order valence-electron chi connectivity index (χ0n) is 10.1. The summed E-state index contributed by atoms with van der Waals surface area (Å²) in [5.74, 6) is -0.638.